The van der Waals surface area contributed by atoms with Gasteiger partial charge in [0.25, 0.3) is 0 Å². The molecule has 0 aliphatic heterocycles. The molecule has 0 amide bonds. The molecule has 1 heteroatoms. The molecule has 8 aromatic rings. The summed E-state index contributed by atoms with van der Waals surface area (Å²) in [5.41, 5.74) is 14.7. The quantitative estimate of drug-likeness (QED) is 0.183. The summed E-state index contributed by atoms with van der Waals surface area (Å²) in [6, 6.07) is 48.1. The van der Waals surface area contributed by atoms with E-state index in [2.05, 4.69) is 160 Å². The van der Waals surface area contributed by atoms with Crippen molar-refractivity contribution in [3.63, 3.8) is 0 Å². The van der Waals surface area contributed by atoms with Gasteiger partial charge in [-0.15, -0.1) is 0 Å². The van der Waals surface area contributed by atoms with Crippen LogP contribution in [0.15, 0.2) is 127 Å². The summed E-state index contributed by atoms with van der Waals surface area (Å²) in [5, 5.41) is 7.98. The number of benzene rings is 7. The summed E-state index contributed by atoms with van der Waals surface area (Å²) in [6.07, 6.45) is 0. The van der Waals surface area contributed by atoms with Gasteiger partial charge in [0, 0.05) is 32.9 Å². The topological polar surface area (TPSA) is 4.93 Å². The number of hydrogen-bond donors (Lipinski definition) is 0. The molecule has 2 aliphatic rings. The molecule has 45 heavy (non-hydrogen) atoms. The molecule has 0 saturated heterocycles. The number of nitrogens with zero attached hydrogens (tertiary/aromatic N) is 1. The molecule has 7 aromatic carbocycles. The van der Waals surface area contributed by atoms with Gasteiger partial charge in [0.05, 0.1) is 11.0 Å². The van der Waals surface area contributed by atoms with Crippen molar-refractivity contribution in [3.05, 3.63) is 150 Å². The lowest BCUT2D eigenvalue weighted by molar-refractivity contribution is 0.645. The Morgan fingerprint density at radius 1 is 0.422 bits per heavy atom. The Morgan fingerprint density at radius 3 is 1.91 bits per heavy atom. The molecule has 0 saturated carbocycles. The minimum Gasteiger partial charge on any atom is -0.309 e. The molecule has 0 unspecified atom stereocenters. The molecule has 0 bridgehead atoms. The van der Waals surface area contributed by atoms with Gasteiger partial charge in [-0.2, -0.15) is 0 Å². The van der Waals surface area contributed by atoms with Crippen LogP contribution in [0.2, 0.25) is 0 Å². The molecule has 10 rings (SSSR count). The number of aromatic nitrogens is 1. The molecule has 2 aliphatic carbocycles. The lowest BCUT2D eigenvalue weighted by Gasteiger charge is -2.35. The van der Waals surface area contributed by atoms with Crippen molar-refractivity contribution in [3.8, 4) is 27.9 Å². The van der Waals surface area contributed by atoms with E-state index < -0.39 is 0 Å². The van der Waals surface area contributed by atoms with Crippen LogP contribution in [0, 0.1) is 0 Å². The van der Waals surface area contributed by atoms with Crippen molar-refractivity contribution in [2.24, 2.45) is 0 Å². The second-order valence-electron chi connectivity index (χ2n) is 14.1. The molecular weight excluding hydrogens is 542 g/mol. The van der Waals surface area contributed by atoms with Crippen LogP contribution in [-0.2, 0) is 10.8 Å². The van der Waals surface area contributed by atoms with Gasteiger partial charge in [0.2, 0.25) is 0 Å². The number of rotatable bonds is 1. The third-order valence-electron chi connectivity index (χ3n) is 11.2. The first-order valence-corrected chi connectivity index (χ1v) is 16.1. The monoisotopic (exact) mass is 575 g/mol. The highest BCUT2D eigenvalue weighted by Gasteiger charge is 2.37. The van der Waals surface area contributed by atoms with Crippen molar-refractivity contribution in [2.75, 3.05) is 0 Å². The van der Waals surface area contributed by atoms with E-state index >= 15 is 0 Å². The summed E-state index contributed by atoms with van der Waals surface area (Å²) in [5.74, 6) is 0. The van der Waals surface area contributed by atoms with Crippen LogP contribution in [-0.4, -0.2) is 4.57 Å². The van der Waals surface area contributed by atoms with Crippen LogP contribution < -0.4 is 0 Å². The molecule has 1 heterocycles. The maximum atomic E-state index is 2.54. The second kappa shape index (κ2) is 8.31. The van der Waals surface area contributed by atoms with Gasteiger partial charge in [0.15, 0.2) is 0 Å². The van der Waals surface area contributed by atoms with E-state index in [-0.39, 0.29) is 10.8 Å². The summed E-state index contributed by atoms with van der Waals surface area (Å²) >= 11 is 0. The van der Waals surface area contributed by atoms with Crippen LogP contribution in [0.5, 0.6) is 0 Å². The van der Waals surface area contributed by atoms with Gasteiger partial charge in [-0.05, 0) is 84.8 Å². The van der Waals surface area contributed by atoms with Gasteiger partial charge in [-0.3, -0.25) is 0 Å². The van der Waals surface area contributed by atoms with Crippen molar-refractivity contribution < 1.29 is 0 Å². The van der Waals surface area contributed by atoms with Crippen molar-refractivity contribution >= 4 is 43.4 Å². The van der Waals surface area contributed by atoms with E-state index in [1.165, 1.54) is 93.5 Å². The molecule has 1 aromatic heterocycles. The van der Waals surface area contributed by atoms with E-state index in [4.69, 9.17) is 0 Å². The normalized spacial score (nSPS) is 15.5. The molecular formula is C44H33N. The molecule has 214 valence electrons. The van der Waals surface area contributed by atoms with Gasteiger partial charge >= 0.3 is 0 Å². The predicted molar refractivity (Wildman–Crippen MR) is 191 cm³/mol. The van der Waals surface area contributed by atoms with E-state index in [0.717, 1.165) is 0 Å². The average Bonchev–Trinajstić information content (AvgIpc) is 3.51. The Kier molecular flexibility index (Phi) is 4.66. The summed E-state index contributed by atoms with van der Waals surface area (Å²) < 4.78 is 2.54. The smallest absolute Gasteiger partial charge is 0.0553 e. The first-order chi connectivity index (χ1) is 21.9. The molecule has 0 fully saturated rings. The summed E-state index contributed by atoms with van der Waals surface area (Å²) in [4.78, 5) is 0. The van der Waals surface area contributed by atoms with Crippen LogP contribution in [0.3, 0.4) is 0 Å². The fraction of sp³-hybridized carbons (Fsp3) is 0.136. The zero-order valence-corrected chi connectivity index (χ0v) is 26.1. The molecule has 0 atom stereocenters. The first-order valence-electron chi connectivity index (χ1n) is 16.1. The lowest BCUT2D eigenvalue weighted by atomic mass is 9.68. The van der Waals surface area contributed by atoms with E-state index in [0.29, 0.717) is 0 Å². The SMILES string of the molecule is CC1(C)c2ccccc2-c2ccc(-n3c4cc5cccc6c5c(c4c4c5ccccc5ccc43)-c3ccccc3C6(C)C)cc21. The van der Waals surface area contributed by atoms with Gasteiger partial charge in [0.1, 0.15) is 0 Å². The van der Waals surface area contributed by atoms with Gasteiger partial charge in [-0.25, -0.2) is 0 Å². The molecule has 0 N–H and O–H groups in total. The van der Waals surface area contributed by atoms with E-state index in [9.17, 15) is 0 Å². The van der Waals surface area contributed by atoms with Crippen LogP contribution in [0.1, 0.15) is 49.9 Å². The highest BCUT2D eigenvalue weighted by molar-refractivity contribution is 6.30. The number of fused-ring (bicyclic) bond motifs is 11. The Labute approximate surface area is 263 Å². The number of hydrogen-bond acceptors (Lipinski definition) is 0. The zero-order valence-electron chi connectivity index (χ0n) is 26.1. The maximum absolute atomic E-state index is 2.54. The third-order valence-corrected chi connectivity index (χ3v) is 11.2. The van der Waals surface area contributed by atoms with Gasteiger partial charge < -0.3 is 4.57 Å². The van der Waals surface area contributed by atoms with E-state index in [1.54, 1.807) is 0 Å². The van der Waals surface area contributed by atoms with Crippen molar-refractivity contribution in [1.29, 1.82) is 0 Å². The zero-order chi connectivity index (χ0) is 30.2. The predicted octanol–water partition coefficient (Wildman–Crippen LogP) is 11.7. The first kappa shape index (κ1) is 25.2. The highest BCUT2D eigenvalue weighted by atomic mass is 15.0. The Balaban J connectivity index is 1.42. The highest BCUT2D eigenvalue weighted by Crippen LogP contribution is 2.54. The third kappa shape index (κ3) is 3.04. The lowest BCUT2D eigenvalue weighted by Crippen LogP contribution is -2.23. The largest absolute Gasteiger partial charge is 0.309 e. The van der Waals surface area contributed by atoms with Crippen LogP contribution in [0.25, 0.3) is 71.3 Å². The fourth-order valence-electron chi connectivity index (χ4n) is 9.00. The molecule has 0 spiro atoms. The minimum atomic E-state index is -0.0855. The van der Waals surface area contributed by atoms with E-state index in [1.807, 2.05) is 0 Å². The standard InChI is InChI=1S/C44H33N/c1-43(2)34-18-10-8-16-32(34)41-39-27(13-11-19-35(39)43)24-38-42(41)40-29-14-6-5-12-26(29)20-23-37(40)45(38)28-21-22-31-30-15-7-9-17-33(30)44(3,4)36(31)25-28/h5-25H,1-4H3. The molecule has 0 radical (unpaired) electrons. The maximum Gasteiger partial charge on any atom is 0.0553 e. The Hall–Kier alpha value is -5.14. The Bertz CT molecular complexity index is 2590. The van der Waals surface area contributed by atoms with Gasteiger partial charge in [-0.1, -0.05) is 131 Å². The average molecular weight is 576 g/mol. The summed E-state index contributed by atoms with van der Waals surface area (Å²) in [6.45, 7) is 9.52. The fourth-order valence-corrected chi connectivity index (χ4v) is 9.00. The van der Waals surface area contributed by atoms with Crippen molar-refractivity contribution in [1.82, 2.24) is 4.57 Å². The van der Waals surface area contributed by atoms with Crippen LogP contribution >= 0.6 is 0 Å². The Morgan fingerprint density at radius 2 is 1.07 bits per heavy atom. The van der Waals surface area contributed by atoms with Crippen molar-refractivity contribution in [2.45, 2.75) is 38.5 Å². The second-order valence-corrected chi connectivity index (χ2v) is 14.1. The minimum absolute atomic E-state index is 0.0640. The van der Waals surface area contributed by atoms with Crippen LogP contribution in [0.4, 0.5) is 0 Å². The molecule has 1 nitrogen and oxygen atoms in total. The summed E-state index contributed by atoms with van der Waals surface area (Å²) in [7, 11) is 0.